The standard InChI is InChI=1S/C25H21FN2O3S2/c26-17-9-5-10-18(13-17)28-24(31)22-21-16(12-15-6-2-1-3-7-15)8-4-11-19(21)33-23(22)27-25(28)32-14-20(29)30/h1-3,5-7,9-10,13,16H,4,8,11-12,14H2,(H,29,30). The zero-order chi connectivity index (χ0) is 22.9. The maximum Gasteiger partial charge on any atom is 0.313 e. The van der Waals surface area contributed by atoms with Gasteiger partial charge in [0.05, 0.1) is 16.8 Å². The fourth-order valence-electron chi connectivity index (χ4n) is 4.54. The fourth-order valence-corrected chi connectivity index (χ4v) is 6.61. The maximum atomic E-state index is 14.0. The number of halogens is 1. The quantitative estimate of drug-likeness (QED) is 0.294. The Morgan fingerprint density at radius 3 is 2.79 bits per heavy atom. The lowest BCUT2D eigenvalue weighted by atomic mass is 9.82. The predicted octanol–water partition coefficient (Wildman–Crippen LogP) is 5.43. The number of rotatable bonds is 6. The van der Waals surface area contributed by atoms with E-state index in [0.29, 0.717) is 15.9 Å². The minimum Gasteiger partial charge on any atom is -0.481 e. The lowest BCUT2D eigenvalue weighted by Gasteiger charge is -2.23. The summed E-state index contributed by atoms with van der Waals surface area (Å²) in [5.74, 6) is -1.51. The van der Waals surface area contributed by atoms with Gasteiger partial charge in [-0.15, -0.1) is 11.3 Å². The van der Waals surface area contributed by atoms with E-state index in [4.69, 9.17) is 4.98 Å². The molecule has 1 aliphatic carbocycles. The minimum absolute atomic E-state index is 0.206. The van der Waals surface area contributed by atoms with Crippen LogP contribution < -0.4 is 5.56 Å². The van der Waals surface area contributed by atoms with Crippen LogP contribution in [-0.4, -0.2) is 26.4 Å². The average molecular weight is 481 g/mol. The van der Waals surface area contributed by atoms with E-state index >= 15 is 0 Å². The monoisotopic (exact) mass is 480 g/mol. The van der Waals surface area contributed by atoms with E-state index in [2.05, 4.69) is 12.1 Å². The van der Waals surface area contributed by atoms with E-state index in [9.17, 15) is 19.1 Å². The molecule has 2 heterocycles. The number of aliphatic carboxylic acids is 1. The third kappa shape index (κ3) is 4.32. The van der Waals surface area contributed by atoms with Crippen LogP contribution in [0.2, 0.25) is 0 Å². The lowest BCUT2D eigenvalue weighted by Crippen LogP contribution is -2.23. The van der Waals surface area contributed by atoms with Crippen LogP contribution >= 0.6 is 23.1 Å². The van der Waals surface area contributed by atoms with Crippen molar-refractivity contribution in [2.75, 3.05) is 5.75 Å². The fraction of sp³-hybridized carbons (Fsp3) is 0.240. The Labute approximate surface area is 197 Å². The highest BCUT2D eigenvalue weighted by Crippen LogP contribution is 2.42. The van der Waals surface area contributed by atoms with Crippen LogP contribution in [0.1, 0.15) is 34.8 Å². The van der Waals surface area contributed by atoms with Crippen LogP contribution in [0.15, 0.2) is 64.5 Å². The molecule has 33 heavy (non-hydrogen) atoms. The largest absolute Gasteiger partial charge is 0.481 e. The molecule has 0 aliphatic heterocycles. The Balaban J connectivity index is 1.71. The van der Waals surface area contributed by atoms with Crippen LogP contribution in [0, 0.1) is 5.82 Å². The van der Waals surface area contributed by atoms with Crippen molar-refractivity contribution in [2.45, 2.75) is 36.8 Å². The van der Waals surface area contributed by atoms with Gasteiger partial charge in [-0.05, 0) is 60.9 Å². The van der Waals surface area contributed by atoms with Gasteiger partial charge in [0.25, 0.3) is 5.56 Å². The van der Waals surface area contributed by atoms with Crippen molar-refractivity contribution < 1.29 is 14.3 Å². The normalized spacial score (nSPS) is 15.5. The molecule has 1 aliphatic rings. The minimum atomic E-state index is -1.01. The van der Waals surface area contributed by atoms with Crippen molar-refractivity contribution in [3.63, 3.8) is 0 Å². The molecule has 1 N–H and O–H groups in total. The molecule has 8 heteroatoms. The van der Waals surface area contributed by atoms with Gasteiger partial charge in [0.2, 0.25) is 0 Å². The number of carbonyl (C=O) groups is 1. The number of nitrogens with zero attached hydrogens (tertiary/aromatic N) is 2. The number of thiophene rings is 1. The molecule has 1 unspecified atom stereocenters. The van der Waals surface area contributed by atoms with E-state index in [0.717, 1.165) is 43.0 Å². The number of aryl methyl sites for hydroxylation is 1. The number of carboxylic acids is 1. The van der Waals surface area contributed by atoms with Crippen LogP contribution in [-0.2, 0) is 17.6 Å². The molecule has 0 fully saturated rings. The maximum absolute atomic E-state index is 14.0. The number of hydrogen-bond donors (Lipinski definition) is 1. The first-order chi connectivity index (χ1) is 16.0. The Bertz CT molecular complexity index is 1400. The Morgan fingerprint density at radius 2 is 2.03 bits per heavy atom. The Kier molecular flexibility index (Phi) is 6.03. The summed E-state index contributed by atoms with van der Waals surface area (Å²) < 4.78 is 15.4. The number of hydrogen-bond acceptors (Lipinski definition) is 5. The molecule has 0 bridgehead atoms. The van der Waals surface area contributed by atoms with Crippen molar-refractivity contribution in [1.29, 1.82) is 0 Å². The summed E-state index contributed by atoms with van der Waals surface area (Å²) in [6.07, 6.45) is 3.78. The summed E-state index contributed by atoms with van der Waals surface area (Å²) in [5, 5.41) is 10.0. The number of thioether (sulfide) groups is 1. The van der Waals surface area contributed by atoms with E-state index < -0.39 is 11.8 Å². The van der Waals surface area contributed by atoms with Gasteiger partial charge in [-0.2, -0.15) is 0 Å². The highest BCUT2D eigenvalue weighted by Gasteiger charge is 2.29. The van der Waals surface area contributed by atoms with Crippen molar-refractivity contribution in [1.82, 2.24) is 9.55 Å². The van der Waals surface area contributed by atoms with Gasteiger partial charge >= 0.3 is 5.97 Å². The molecule has 2 aromatic heterocycles. The molecule has 0 spiro atoms. The summed E-state index contributed by atoms with van der Waals surface area (Å²) in [6, 6.07) is 16.0. The van der Waals surface area contributed by atoms with Gasteiger partial charge in [0, 0.05) is 4.88 Å². The van der Waals surface area contributed by atoms with Gasteiger partial charge in [-0.1, -0.05) is 48.2 Å². The Morgan fingerprint density at radius 1 is 1.21 bits per heavy atom. The second-order valence-corrected chi connectivity index (χ2v) is 10.1. The van der Waals surface area contributed by atoms with Gasteiger partial charge in [-0.3, -0.25) is 14.2 Å². The average Bonchev–Trinajstić information content (AvgIpc) is 3.18. The van der Waals surface area contributed by atoms with E-state index in [1.165, 1.54) is 44.5 Å². The third-order valence-electron chi connectivity index (χ3n) is 5.89. The number of fused-ring (bicyclic) bond motifs is 3. The third-order valence-corrected chi connectivity index (χ3v) is 7.97. The molecule has 5 nitrogen and oxygen atoms in total. The molecule has 1 atom stereocenters. The number of aromatic nitrogens is 2. The molecular weight excluding hydrogens is 459 g/mol. The smallest absolute Gasteiger partial charge is 0.313 e. The highest BCUT2D eigenvalue weighted by atomic mass is 32.2. The van der Waals surface area contributed by atoms with Gasteiger partial charge in [0.1, 0.15) is 10.6 Å². The molecule has 5 rings (SSSR count). The Hall–Kier alpha value is -2.97. The van der Waals surface area contributed by atoms with Gasteiger partial charge in [-0.25, -0.2) is 9.37 Å². The molecular formula is C25H21FN2O3S2. The summed E-state index contributed by atoms with van der Waals surface area (Å²) in [7, 11) is 0. The zero-order valence-electron chi connectivity index (χ0n) is 17.7. The van der Waals surface area contributed by atoms with Crippen molar-refractivity contribution >= 4 is 39.3 Å². The van der Waals surface area contributed by atoms with Crippen LogP contribution in [0.25, 0.3) is 15.9 Å². The highest BCUT2D eigenvalue weighted by molar-refractivity contribution is 7.99. The van der Waals surface area contributed by atoms with Gasteiger partial charge < -0.3 is 5.11 Å². The number of carboxylic acid groups (broad SMARTS) is 1. The van der Waals surface area contributed by atoms with Crippen molar-refractivity contribution in [2.24, 2.45) is 0 Å². The van der Waals surface area contributed by atoms with Crippen LogP contribution in [0.3, 0.4) is 0 Å². The van der Waals surface area contributed by atoms with E-state index in [-0.39, 0.29) is 22.4 Å². The summed E-state index contributed by atoms with van der Waals surface area (Å²) in [4.78, 5) is 31.6. The molecule has 0 saturated carbocycles. The topological polar surface area (TPSA) is 72.2 Å². The number of benzene rings is 2. The molecule has 4 aromatic rings. The predicted molar refractivity (Wildman–Crippen MR) is 129 cm³/mol. The summed E-state index contributed by atoms with van der Waals surface area (Å²) >= 11 is 2.50. The first-order valence-electron chi connectivity index (χ1n) is 10.7. The zero-order valence-corrected chi connectivity index (χ0v) is 19.3. The molecule has 0 saturated heterocycles. The first kappa shape index (κ1) is 21.9. The lowest BCUT2D eigenvalue weighted by molar-refractivity contribution is -0.133. The first-order valence-corrected chi connectivity index (χ1v) is 12.5. The molecule has 0 radical (unpaired) electrons. The summed E-state index contributed by atoms with van der Waals surface area (Å²) in [5.41, 5.74) is 2.36. The second-order valence-electron chi connectivity index (χ2n) is 8.10. The SMILES string of the molecule is O=C(O)CSc1nc2sc3c(c2c(=O)n1-c1cccc(F)c1)C(Cc1ccccc1)CCC3. The van der Waals surface area contributed by atoms with Crippen LogP contribution in [0.4, 0.5) is 4.39 Å². The van der Waals surface area contributed by atoms with Gasteiger partial charge in [0.15, 0.2) is 5.16 Å². The summed E-state index contributed by atoms with van der Waals surface area (Å²) in [6.45, 7) is 0. The van der Waals surface area contributed by atoms with E-state index in [1.807, 2.05) is 18.2 Å². The molecule has 2 aromatic carbocycles. The van der Waals surface area contributed by atoms with Crippen LogP contribution in [0.5, 0.6) is 0 Å². The molecule has 168 valence electrons. The van der Waals surface area contributed by atoms with Crippen molar-refractivity contribution in [3.05, 3.63) is 86.8 Å². The molecule has 0 amide bonds. The van der Waals surface area contributed by atoms with E-state index in [1.54, 1.807) is 6.07 Å². The van der Waals surface area contributed by atoms with Crippen molar-refractivity contribution in [3.8, 4) is 5.69 Å². The second kappa shape index (κ2) is 9.11.